The van der Waals surface area contributed by atoms with Crippen molar-refractivity contribution in [2.24, 2.45) is 28.9 Å². The number of nitrogens with zero attached hydrogens (tertiary/aromatic N) is 5. The summed E-state index contributed by atoms with van der Waals surface area (Å²) in [6.45, 7) is 0.552. The van der Waals surface area contributed by atoms with Gasteiger partial charge in [-0.25, -0.2) is 9.38 Å². The lowest BCUT2D eigenvalue weighted by Gasteiger charge is -2.31. The molecule has 2 amide bonds. The Bertz CT molecular complexity index is 1030. The van der Waals surface area contributed by atoms with Crippen LogP contribution < -0.4 is 0 Å². The van der Waals surface area contributed by atoms with E-state index in [1.165, 1.54) is 18.2 Å². The normalized spacial score (nSPS) is 21.4. The minimum absolute atomic E-state index is 0.0211. The first-order valence-corrected chi connectivity index (χ1v) is 10.0. The SMILES string of the molecule is Cn1cc(C(=O)C2CCN(C(=O)COCC3=NC(=O)C4C=CC=C(F)C4=N3)CC2)cn1. The summed E-state index contributed by atoms with van der Waals surface area (Å²) in [5, 5.41) is 4.03. The Kier molecular flexibility index (Phi) is 5.99. The number of carbonyl (C=O) groups excluding carboxylic acids is 3. The smallest absolute Gasteiger partial charge is 0.260 e. The van der Waals surface area contributed by atoms with Crippen LogP contribution in [0.5, 0.6) is 0 Å². The van der Waals surface area contributed by atoms with E-state index in [4.69, 9.17) is 4.74 Å². The summed E-state index contributed by atoms with van der Waals surface area (Å²) in [6.07, 6.45) is 8.65. The lowest BCUT2D eigenvalue weighted by molar-refractivity contribution is -0.136. The number of likely N-dealkylation sites (tertiary alicyclic amines) is 1. The molecule has 162 valence electrons. The van der Waals surface area contributed by atoms with Gasteiger partial charge in [0, 0.05) is 32.3 Å². The van der Waals surface area contributed by atoms with Crippen molar-refractivity contribution in [3.05, 3.63) is 42.0 Å². The molecule has 1 atom stereocenters. The number of fused-ring (bicyclic) bond motifs is 1. The van der Waals surface area contributed by atoms with Crippen LogP contribution >= 0.6 is 0 Å². The molecular weight excluding hydrogens is 405 g/mol. The maximum absolute atomic E-state index is 13.9. The van der Waals surface area contributed by atoms with Crippen LogP contribution in [0.4, 0.5) is 4.39 Å². The zero-order valence-corrected chi connectivity index (χ0v) is 17.0. The third-order valence-corrected chi connectivity index (χ3v) is 5.50. The number of Topliss-reactive ketones (excluding diaryl/α,β-unsaturated/α-hetero) is 1. The molecule has 1 aromatic rings. The highest BCUT2D eigenvalue weighted by atomic mass is 19.1. The number of amidine groups is 1. The number of allylic oxidation sites excluding steroid dienone is 3. The van der Waals surface area contributed by atoms with Gasteiger partial charge in [0.2, 0.25) is 5.91 Å². The lowest BCUT2D eigenvalue weighted by Crippen LogP contribution is -2.42. The number of halogens is 1. The Balaban J connectivity index is 1.24. The lowest BCUT2D eigenvalue weighted by atomic mass is 9.90. The molecule has 0 aromatic carbocycles. The van der Waals surface area contributed by atoms with Crippen molar-refractivity contribution in [2.45, 2.75) is 12.8 Å². The second-order valence-corrected chi connectivity index (χ2v) is 7.66. The van der Waals surface area contributed by atoms with Gasteiger partial charge in [-0.3, -0.25) is 19.1 Å². The summed E-state index contributed by atoms with van der Waals surface area (Å²) in [5.74, 6) is -2.13. The summed E-state index contributed by atoms with van der Waals surface area (Å²) >= 11 is 0. The van der Waals surface area contributed by atoms with E-state index in [0.29, 0.717) is 31.5 Å². The van der Waals surface area contributed by atoms with Gasteiger partial charge < -0.3 is 9.64 Å². The van der Waals surface area contributed by atoms with Gasteiger partial charge in [-0.1, -0.05) is 12.2 Å². The van der Waals surface area contributed by atoms with Crippen LogP contribution in [0.15, 0.2) is 46.4 Å². The number of carbonyl (C=O) groups is 3. The minimum atomic E-state index is -0.800. The Morgan fingerprint density at radius 1 is 1.26 bits per heavy atom. The third kappa shape index (κ3) is 4.58. The predicted octanol–water partition coefficient (Wildman–Crippen LogP) is 1.28. The summed E-state index contributed by atoms with van der Waals surface area (Å²) in [7, 11) is 1.76. The largest absolute Gasteiger partial charge is 0.364 e. The second-order valence-electron chi connectivity index (χ2n) is 7.66. The molecule has 0 radical (unpaired) electrons. The molecule has 2 aliphatic heterocycles. The molecule has 1 aromatic heterocycles. The zero-order chi connectivity index (χ0) is 22.0. The molecule has 0 bridgehead atoms. The molecule has 3 heterocycles. The topological polar surface area (TPSA) is 106 Å². The highest BCUT2D eigenvalue weighted by molar-refractivity contribution is 6.22. The molecule has 1 fully saturated rings. The van der Waals surface area contributed by atoms with Gasteiger partial charge in [-0.2, -0.15) is 10.1 Å². The summed E-state index contributed by atoms with van der Waals surface area (Å²) in [6, 6.07) is 0. The first-order valence-electron chi connectivity index (χ1n) is 10.0. The van der Waals surface area contributed by atoms with Gasteiger partial charge in [0.1, 0.15) is 25.0 Å². The molecule has 0 spiro atoms. The third-order valence-electron chi connectivity index (χ3n) is 5.50. The Hall–Kier alpha value is -3.27. The van der Waals surface area contributed by atoms with Crippen LogP contribution in [0.2, 0.25) is 0 Å². The van der Waals surface area contributed by atoms with Gasteiger partial charge >= 0.3 is 0 Å². The van der Waals surface area contributed by atoms with Crippen LogP contribution in [0.3, 0.4) is 0 Å². The number of amides is 2. The molecular formula is C21H22FN5O4. The molecule has 1 aliphatic carbocycles. The molecule has 3 aliphatic rings. The average molecular weight is 427 g/mol. The number of aliphatic imine (C=N–C) groups is 2. The number of aryl methyl sites for hydroxylation is 1. The average Bonchev–Trinajstić information content (AvgIpc) is 3.20. The molecule has 0 N–H and O–H groups in total. The fourth-order valence-corrected chi connectivity index (χ4v) is 3.82. The number of ketones is 1. The predicted molar refractivity (Wildman–Crippen MR) is 109 cm³/mol. The van der Waals surface area contributed by atoms with Crippen LogP contribution in [-0.2, 0) is 21.4 Å². The second kappa shape index (κ2) is 8.84. The van der Waals surface area contributed by atoms with Crippen molar-refractivity contribution in [2.75, 3.05) is 26.3 Å². The molecule has 31 heavy (non-hydrogen) atoms. The van der Waals surface area contributed by atoms with E-state index in [0.717, 1.165) is 0 Å². The number of aromatic nitrogens is 2. The van der Waals surface area contributed by atoms with Crippen molar-refractivity contribution in [1.29, 1.82) is 0 Å². The van der Waals surface area contributed by atoms with E-state index >= 15 is 0 Å². The van der Waals surface area contributed by atoms with E-state index in [-0.39, 0.29) is 42.4 Å². The van der Waals surface area contributed by atoms with Crippen LogP contribution in [0, 0.1) is 11.8 Å². The number of hydrogen-bond donors (Lipinski definition) is 0. The fraction of sp³-hybridized carbons (Fsp3) is 0.429. The van der Waals surface area contributed by atoms with E-state index in [1.54, 1.807) is 29.0 Å². The van der Waals surface area contributed by atoms with Gasteiger partial charge in [-0.05, 0) is 18.9 Å². The van der Waals surface area contributed by atoms with Crippen LogP contribution in [-0.4, -0.2) is 70.1 Å². The molecule has 9 nitrogen and oxygen atoms in total. The Morgan fingerprint density at radius 3 is 2.74 bits per heavy atom. The first-order chi connectivity index (χ1) is 14.9. The summed E-state index contributed by atoms with van der Waals surface area (Å²) in [5.41, 5.74) is 0.606. The Morgan fingerprint density at radius 2 is 2.03 bits per heavy atom. The standard InChI is InChI=1S/C21H22FN5O4/c1-26-10-14(9-23-26)20(29)13-5-7-27(8-6-13)18(28)12-31-11-17-24-19-15(21(30)25-17)3-2-4-16(19)22/h2-4,9-10,13,15H,5-8,11-12H2,1H3. The van der Waals surface area contributed by atoms with Gasteiger partial charge in [0.15, 0.2) is 11.6 Å². The monoisotopic (exact) mass is 427 g/mol. The zero-order valence-electron chi connectivity index (χ0n) is 17.0. The van der Waals surface area contributed by atoms with Crippen LogP contribution in [0.1, 0.15) is 23.2 Å². The van der Waals surface area contributed by atoms with Crippen molar-refractivity contribution in [3.63, 3.8) is 0 Å². The minimum Gasteiger partial charge on any atom is -0.364 e. The number of hydrogen-bond acceptors (Lipinski definition) is 6. The van der Waals surface area contributed by atoms with Gasteiger partial charge in [-0.15, -0.1) is 0 Å². The summed E-state index contributed by atoms with van der Waals surface area (Å²) in [4.78, 5) is 46.5. The molecule has 1 saturated heterocycles. The van der Waals surface area contributed by atoms with Gasteiger partial charge in [0.25, 0.3) is 5.91 Å². The van der Waals surface area contributed by atoms with Crippen molar-refractivity contribution in [3.8, 4) is 0 Å². The Labute approximate surface area is 178 Å². The van der Waals surface area contributed by atoms with E-state index < -0.39 is 17.7 Å². The maximum atomic E-state index is 13.9. The quantitative estimate of drug-likeness (QED) is 0.636. The van der Waals surface area contributed by atoms with Crippen molar-refractivity contribution < 1.29 is 23.5 Å². The highest BCUT2D eigenvalue weighted by Gasteiger charge is 2.31. The van der Waals surface area contributed by atoms with Crippen molar-refractivity contribution >= 4 is 29.1 Å². The number of piperidine rings is 1. The van der Waals surface area contributed by atoms with Crippen molar-refractivity contribution in [1.82, 2.24) is 14.7 Å². The summed E-state index contributed by atoms with van der Waals surface area (Å²) < 4.78 is 20.9. The molecule has 10 heteroatoms. The maximum Gasteiger partial charge on any atom is 0.260 e. The fourth-order valence-electron chi connectivity index (χ4n) is 3.82. The van der Waals surface area contributed by atoms with E-state index in [1.807, 2.05) is 0 Å². The number of rotatable bonds is 6. The molecule has 1 unspecified atom stereocenters. The van der Waals surface area contributed by atoms with Gasteiger partial charge in [0.05, 0.1) is 17.5 Å². The molecule has 0 saturated carbocycles. The van der Waals surface area contributed by atoms with Crippen LogP contribution in [0.25, 0.3) is 0 Å². The van der Waals surface area contributed by atoms with E-state index in [2.05, 4.69) is 15.1 Å². The molecule has 4 rings (SSSR count). The highest BCUT2D eigenvalue weighted by Crippen LogP contribution is 2.23. The van der Waals surface area contributed by atoms with E-state index in [9.17, 15) is 18.8 Å². The number of ether oxygens (including phenoxy) is 1. The first kappa shape index (κ1) is 21.0.